The molecule has 9 heteroatoms. The Morgan fingerprint density at radius 1 is 1.44 bits per heavy atom. The van der Waals surface area contributed by atoms with Crippen LogP contribution in [0.5, 0.6) is 0 Å². The van der Waals surface area contributed by atoms with Crippen molar-refractivity contribution in [2.75, 3.05) is 37.4 Å². The van der Waals surface area contributed by atoms with E-state index in [1.54, 1.807) is 24.1 Å². The predicted molar refractivity (Wildman–Crippen MR) is 92.4 cm³/mol. The second-order valence-electron chi connectivity index (χ2n) is 6.45. The average molecular weight is 345 g/mol. The Labute approximate surface area is 146 Å². The lowest BCUT2D eigenvalue weighted by molar-refractivity contribution is 0.176. The Hall–Kier alpha value is -2.71. The van der Waals surface area contributed by atoms with E-state index < -0.39 is 0 Å². The van der Waals surface area contributed by atoms with Gasteiger partial charge in [0.05, 0.1) is 0 Å². The molecule has 1 aliphatic heterocycles. The molecule has 1 atom stereocenters. The monoisotopic (exact) mass is 345 g/mol. The number of anilines is 2. The number of amides is 2. The predicted octanol–water partition coefficient (Wildman–Crippen LogP) is 1.72. The summed E-state index contributed by atoms with van der Waals surface area (Å²) in [6.45, 7) is 3.16. The normalized spacial score (nSPS) is 17.4. The lowest BCUT2D eigenvalue weighted by Gasteiger charge is -2.32. The second kappa shape index (κ2) is 7.45. The molecule has 2 aromatic rings. The summed E-state index contributed by atoms with van der Waals surface area (Å²) in [4.78, 5) is 28.9. The number of likely N-dealkylation sites (tertiary alicyclic amines) is 1. The largest absolute Gasteiger partial charge is 0.363 e. The number of hydrogen-bond acceptors (Lipinski definition) is 7. The van der Waals surface area contributed by atoms with Gasteiger partial charge in [-0.3, -0.25) is 5.32 Å². The number of aromatic nitrogens is 4. The van der Waals surface area contributed by atoms with Crippen molar-refractivity contribution in [1.82, 2.24) is 25.0 Å². The molecule has 1 N–H and O–H groups in total. The first-order valence-electron chi connectivity index (χ1n) is 8.37. The minimum Gasteiger partial charge on any atom is -0.363 e. The molecule has 1 fully saturated rings. The molecule has 0 bridgehead atoms. The standard InChI is InChI=1S/C16H23N7O2/c1-11-18-13(21-25-11)9-12-5-4-8-23(10-12)16(24)20-15-17-7-6-14(19-15)22(2)3/h6-7,12H,4-5,8-10H2,1-3H3,(H,17,19,20,24)/t12-/m0/s1. The average Bonchev–Trinajstić information content (AvgIpc) is 3.00. The lowest BCUT2D eigenvalue weighted by Crippen LogP contribution is -2.43. The molecule has 9 nitrogen and oxygen atoms in total. The van der Waals surface area contributed by atoms with Crippen molar-refractivity contribution >= 4 is 17.8 Å². The maximum Gasteiger partial charge on any atom is 0.324 e. The van der Waals surface area contributed by atoms with Gasteiger partial charge in [-0.2, -0.15) is 9.97 Å². The van der Waals surface area contributed by atoms with Crippen molar-refractivity contribution < 1.29 is 9.32 Å². The van der Waals surface area contributed by atoms with Gasteiger partial charge in [0, 0.05) is 46.7 Å². The lowest BCUT2D eigenvalue weighted by atomic mass is 9.95. The first kappa shape index (κ1) is 17.1. The number of carbonyl (C=O) groups is 1. The fourth-order valence-corrected chi connectivity index (χ4v) is 2.93. The summed E-state index contributed by atoms with van der Waals surface area (Å²) in [7, 11) is 3.78. The van der Waals surface area contributed by atoms with Gasteiger partial charge in [0.15, 0.2) is 5.82 Å². The summed E-state index contributed by atoms with van der Waals surface area (Å²) in [6.07, 6.45) is 4.35. The molecule has 134 valence electrons. The molecular formula is C16H23N7O2. The van der Waals surface area contributed by atoms with Crippen molar-refractivity contribution in [3.8, 4) is 0 Å². The number of nitrogens with one attached hydrogen (secondary N) is 1. The zero-order chi connectivity index (χ0) is 17.8. The van der Waals surface area contributed by atoms with Crippen LogP contribution in [0.4, 0.5) is 16.6 Å². The van der Waals surface area contributed by atoms with Gasteiger partial charge in [0.2, 0.25) is 11.8 Å². The van der Waals surface area contributed by atoms with Crippen LogP contribution in [0.1, 0.15) is 24.6 Å². The minimum absolute atomic E-state index is 0.176. The molecule has 25 heavy (non-hydrogen) atoms. The summed E-state index contributed by atoms with van der Waals surface area (Å²) in [5.74, 6) is 2.65. The van der Waals surface area contributed by atoms with Crippen LogP contribution in [-0.4, -0.2) is 58.2 Å². The van der Waals surface area contributed by atoms with Crippen LogP contribution in [0.2, 0.25) is 0 Å². The van der Waals surface area contributed by atoms with E-state index in [-0.39, 0.29) is 6.03 Å². The molecule has 2 amide bonds. The van der Waals surface area contributed by atoms with Gasteiger partial charge in [-0.05, 0) is 24.8 Å². The molecule has 0 aliphatic carbocycles. The smallest absolute Gasteiger partial charge is 0.324 e. The van der Waals surface area contributed by atoms with Gasteiger partial charge in [-0.1, -0.05) is 5.16 Å². The number of aryl methyl sites for hydroxylation is 1. The summed E-state index contributed by atoms with van der Waals surface area (Å²) in [5.41, 5.74) is 0. The third-order valence-electron chi connectivity index (χ3n) is 4.16. The molecule has 0 saturated carbocycles. The first-order valence-corrected chi connectivity index (χ1v) is 8.37. The van der Waals surface area contributed by atoms with Crippen molar-refractivity contribution in [3.63, 3.8) is 0 Å². The van der Waals surface area contributed by atoms with E-state index in [0.717, 1.165) is 25.2 Å². The number of hydrogen-bond donors (Lipinski definition) is 1. The molecule has 1 aliphatic rings. The van der Waals surface area contributed by atoms with E-state index in [0.29, 0.717) is 36.5 Å². The van der Waals surface area contributed by atoms with Crippen molar-refractivity contribution in [2.45, 2.75) is 26.2 Å². The third-order valence-corrected chi connectivity index (χ3v) is 4.16. The molecule has 2 aromatic heterocycles. The van der Waals surface area contributed by atoms with Gasteiger partial charge < -0.3 is 14.3 Å². The van der Waals surface area contributed by atoms with Crippen LogP contribution in [0.25, 0.3) is 0 Å². The zero-order valence-corrected chi connectivity index (χ0v) is 14.8. The van der Waals surface area contributed by atoms with Gasteiger partial charge in [-0.15, -0.1) is 0 Å². The fraction of sp³-hybridized carbons (Fsp3) is 0.562. The van der Waals surface area contributed by atoms with E-state index in [1.165, 1.54) is 0 Å². The highest BCUT2D eigenvalue weighted by molar-refractivity contribution is 5.87. The highest BCUT2D eigenvalue weighted by Crippen LogP contribution is 2.20. The first-order chi connectivity index (χ1) is 12.0. The van der Waals surface area contributed by atoms with Gasteiger partial charge >= 0.3 is 6.03 Å². The van der Waals surface area contributed by atoms with E-state index in [4.69, 9.17) is 4.52 Å². The van der Waals surface area contributed by atoms with Crippen molar-refractivity contribution in [1.29, 1.82) is 0 Å². The topological polar surface area (TPSA) is 100 Å². The van der Waals surface area contributed by atoms with Crippen LogP contribution in [-0.2, 0) is 6.42 Å². The van der Waals surface area contributed by atoms with Gasteiger partial charge in [-0.25, -0.2) is 9.78 Å². The van der Waals surface area contributed by atoms with Crippen LogP contribution >= 0.6 is 0 Å². The quantitative estimate of drug-likeness (QED) is 0.900. The van der Waals surface area contributed by atoms with Crippen molar-refractivity contribution in [3.05, 3.63) is 24.0 Å². The van der Waals surface area contributed by atoms with E-state index >= 15 is 0 Å². The molecule has 1 saturated heterocycles. The summed E-state index contributed by atoms with van der Waals surface area (Å²) >= 11 is 0. The van der Waals surface area contributed by atoms with Gasteiger partial charge in [0.1, 0.15) is 5.82 Å². The molecule has 0 radical (unpaired) electrons. The minimum atomic E-state index is -0.176. The molecule has 3 rings (SSSR count). The van der Waals surface area contributed by atoms with Crippen LogP contribution in [0, 0.1) is 12.8 Å². The van der Waals surface area contributed by atoms with Crippen LogP contribution in [0.3, 0.4) is 0 Å². The highest BCUT2D eigenvalue weighted by Gasteiger charge is 2.25. The maximum absolute atomic E-state index is 12.5. The number of piperidine rings is 1. The number of nitrogens with zero attached hydrogens (tertiary/aromatic N) is 6. The maximum atomic E-state index is 12.5. The number of rotatable bonds is 4. The molecule has 0 spiro atoms. The Morgan fingerprint density at radius 3 is 3.00 bits per heavy atom. The number of urea groups is 1. The zero-order valence-electron chi connectivity index (χ0n) is 14.8. The Kier molecular flexibility index (Phi) is 5.11. The molecular weight excluding hydrogens is 322 g/mol. The molecule has 0 unspecified atom stereocenters. The summed E-state index contributed by atoms with van der Waals surface area (Å²) in [6, 6.07) is 1.62. The van der Waals surface area contributed by atoms with Crippen molar-refractivity contribution in [2.24, 2.45) is 5.92 Å². The van der Waals surface area contributed by atoms with E-state index in [9.17, 15) is 4.79 Å². The number of carbonyl (C=O) groups excluding carboxylic acids is 1. The SMILES string of the molecule is Cc1nc(C[C@@H]2CCCN(C(=O)Nc3nccc(N(C)C)n3)C2)no1. The summed E-state index contributed by atoms with van der Waals surface area (Å²) in [5, 5.41) is 6.73. The van der Waals surface area contributed by atoms with Gasteiger partial charge in [0.25, 0.3) is 0 Å². The highest BCUT2D eigenvalue weighted by atomic mass is 16.5. The summed E-state index contributed by atoms with van der Waals surface area (Å²) < 4.78 is 5.02. The van der Waals surface area contributed by atoms with E-state index in [1.807, 2.05) is 19.0 Å². The van der Waals surface area contributed by atoms with E-state index in [2.05, 4.69) is 25.4 Å². The molecule has 3 heterocycles. The third kappa shape index (κ3) is 4.43. The fourth-order valence-electron chi connectivity index (χ4n) is 2.93. The molecule has 0 aromatic carbocycles. The second-order valence-corrected chi connectivity index (χ2v) is 6.45. The van der Waals surface area contributed by atoms with Crippen LogP contribution in [0.15, 0.2) is 16.8 Å². The van der Waals surface area contributed by atoms with Crippen LogP contribution < -0.4 is 10.2 Å². The Balaban J connectivity index is 1.59. The Morgan fingerprint density at radius 2 is 2.28 bits per heavy atom. The Bertz CT molecular complexity index is 731.